The van der Waals surface area contributed by atoms with Crippen molar-refractivity contribution in [2.24, 2.45) is 0 Å². The van der Waals surface area contributed by atoms with Gasteiger partial charge in [-0.1, -0.05) is 122 Å². The molecule has 2 N–H and O–H groups in total. The third-order valence-electron chi connectivity index (χ3n) is 6.13. The number of hydrogen-bond donors (Lipinski definition) is 2. The van der Waals surface area contributed by atoms with E-state index in [4.69, 9.17) is 10.2 Å². The van der Waals surface area contributed by atoms with Crippen molar-refractivity contribution in [2.45, 2.75) is 148 Å². The predicted octanol–water partition coefficient (Wildman–Crippen LogP) is 7.91. The van der Waals surface area contributed by atoms with Crippen LogP contribution >= 0.6 is 0 Å². The number of aliphatic carboxylic acids is 2. The number of nitrogens with zero attached hydrogens (tertiary/aromatic N) is 1. The van der Waals surface area contributed by atoms with E-state index in [1.807, 2.05) is 0 Å². The highest BCUT2D eigenvalue weighted by Crippen LogP contribution is 2.14. The molecule has 0 aromatic carbocycles. The van der Waals surface area contributed by atoms with Crippen LogP contribution in [0.1, 0.15) is 142 Å². The van der Waals surface area contributed by atoms with Crippen molar-refractivity contribution in [2.75, 3.05) is 14.1 Å². The first kappa shape index (κ1) is 33.1. The summed E-state index contributed by atoms with van der Waals surface area (Å²) in [6.07, 6.45) is 26.1. The van der Waals surface area contributed by atoms with Crippen molar-refractivity contribution < 1.29 is 19.8 Å². The number of rotatable bonds is 22. The Morgan fingerprint density at radius 2 is 0.875 bits per heavy atom. The topological polar surface area (TPSA) is 77.8 Å². The Hall–Kier alpha value is -1.10. The molecule has 192 valence electrons. The minimum absolute atomic E-state index is 0.346. The quantitative estimate of drug-likeness (QED) is 0.161. The number of carbonyl (C=O) groups is 2. The second-order valence-corrected chi connectivity index (χ2v) is 9.49. The molecule has 1 atom stereocenters. The van der Waals surface area contributed by atoms with Crippen molar-refractivity contribution in [1.29, 1.82) is 0 Å². The van der Waals surface area contributed by atoms with Gasteiger partial charge in [0, 0.05) is 6.42 Å². The Balaban J connectivity index is 0. The lowest BCUT2D eigenvalue weighted by atomic mass is 10.0. The Morgan fingerprint density at radius 1 is 0.594 bits per heavy atom. The summed E-state index contributed by atoms with van der Waals surface area (Å²) in [7, 11) is 3.47. The fourth-order valence-corrected chi connectivity index (χ4v) is 3.58. The molecule has 0 aromatic heterocycles. The highest BCUT2D eigenvalue weighted by Gasteiger charge is 2.11. The van der Waals surface area contributed by atoms with Gasteiger partial charge in [-0.25, -0.2) is 0 Å². The van der Waals surface area contributed by atoms with E-state index >= 15 is 0 Å². The van der Waals surface area contributed by atoms with E-state index in [2.05, 4.69) is 6.92 Å². The minimum Gasteiger partial charge on any atom is -0.481 e. The second kappa shape index (κ2) is 26.2. The normalized spacial score (nSPS) is 11.8. The SMILES string of the molecule is CC(C(=O)O)N(C)C.CCCCCCCCCCCCCCCCCCCCCC(=O)O. The van der Waals surface area contributed by atoms with Crippen molar-refractivity contribution in [1.82, 2.24) is 4.90 Å². The smallest absolute Gasteiger partial charge is 0.320 e. The molecule has 5 nitrogen and oxygen atoms in total. The molecule has 0 aliphatic heterocycles. The Bertz CT molecular complexity index is 412. The van der Waals surface area contributed by atoms with E-state index in [0.717, 1.165) is 12.8 Å². The molecule has 1 unspecified atom stereocenters. The fourth-order valence-electron chi connectivity index (χ4n) is 3.58. The van der Waals surface area contributed by atoms with Gasteiger partial charge in [0.1, 0.15) is 6.04 Å². The molecule has 0 heterocycles. The maximum absolute atomic E-state index is 10.4. The van der Waals surface area contributed by atoms with E-state index in [1.54, 1.807) is 25.9 Å². The molecular formula is C27H55NO4. The third kappa shape index (κ3) is 28.9. The molecule has 0 fully saturated rings. The molecule has 0 radical (unpaired) electrons. The van der Waals surface area contributed by atoms with Gasteiger partial charge < -0.3 is 10.2 Å². The van der Waals surface area contributed by atoms with Gasteiger partial charge >= 0.3 is 11.9 Å². The molecule has 0 saturated heterocycles. The van der Waals surface area contributed by atoms with Crippen LogP contribution in [-0.2, 0) is 9.59 Å². The van der Waals surface area contributed by atoms with Gasteiger partial charge in [0.25, 0.3) is 0 Å². The van der Waals surface area contributed by atoms with Gasteiger partial charge in [0.2, 0.25) is 0 Å². The van der Waals surface area contributed by atoms with Gasteiger partial charge in [-0.3, -0.25) is 14.5 Å². The van der Waals surface area contributed by atoms with Crippen molar-refractivity contribution >= 4 is 11.9 Å². The number of unbranched alkanes of at least 4 members (excludes halogenated alkanes) is 18. The van der Waals surface area contributed by atoms with E-state index < -0.39 is 11.9 Å². The lowest BCUT2D eigenvalue weighted by Crippen LogP contribution is -2.32. The van der Waals surface area contributed by atoms with E-state index in [-0.39, 0.29) is 6.04 Å². The molecular weight excluding hydrogens is 402 g/mol. The van der Waals surface area contributed by atoms with Crippen LogP contribution in [0.25, 0.3) is 0 Å². The molecule has 5 heteroatoms. The van der Waals surface area contributed by atoms with Crippen LogP contribution in [-0.4, -0.2) is 47.2 Å². The third-order valence-corrected chi connectivity index (χ3v) is 6.13. The molecule has 0 aromatic rings. The summed E-state index contributed by atoms with van der Waals surface area (Å²) in [4.78, 5) is 22.1. The van der Waals surface area contributed by atoms with Crippen LogP contribution in [0.15, 0.2) is 0 Å². The van der Waals surface area contributed by atoms with E-state index in [0.29, 0.717) is 6.42 Å². The highest BCUT2D eigenvalue weighted by molar-refractivity contribution is 5.72. The highest BCUT2D eigenvalue weighted by atomic mass is 16.4. The van der Waals surface area contributed by atoms with Crippen LogP contribution in [0.3, 0.4) is 0 Å². The number of hydrogen-bond acceptors (Lipinski definition) is 3. The molecule has 0 saturated carbocycles. The van der Waals surface area contributed by atoms with Crippen LogP contribution in [0, 0.1) is 0 Å². The van der Waals surface area contributed by atoms with Gasteiger partial charge in [-0.2, -0.15) is 0 Å². The van der Waals surface area contributed by atoms with Gasteiger partial charge in [0.05, 0.1) is 0 Å². The summed E-state index contributed by atoms with van der Waals surface area (Å²) in [5, 5.41) is 16.9. The number of likely N-dealkylation sites (N-methyl/N-ethyl adjacent to an activating group) is 1. The van der Waals surface area contributed by atoms with Crippen LogP contribution in [0.4, 0.5) is 0 Å². The van der Waals surface area contributed by atoms with Crippen molar-refractivity contribution in [3.8, 4) is 0 Å². The lowest BCUT2D eigenvalue weighted by molar-refractivity contribution is -0.141. The Kier molecular flexibility index (Phi) is 27.0. The minimum atomic E-state index is -0.782. The maximum Gasteiger partial charge on any atom is 0.320 e. The van der Waals surface area contributed by atoms with Crippen molar-refractivity contribution in [3.05, 3.63) is 0 Å². The van der Waals surface area contributed by atoms with Gasteiger partial charge in [0.15, 0.2) is 0 Å². The van der Waals surface area contributed by atoms with Crippen molar-refractivity contribution in [3.63, 3.8) is 0 Å². The monoisotopic (exact) mass is 457 g/mol. The molecule has 0 spiro atoms. The van der Waals surface area contributed by atoms with Crippen LogP contribution in [0.2, 0.25) is 0 Å². The fraction of sp³-hybridized carbons (Fsp3) is 0.926. The summed E-state index contributed by atoms with van der Waals surface area (Å²) in [6.45, 7) is 3.92. The summed E-state index contributed by atoms with van der Waals surface area (Å²) in [5.74, 6) is -1.43. The van der Waals surface area contributed by atoms with Gasteiger partial charge in [-0.15, -0.1) is 0 Å². The molecule has 0 bridgehead atoms. The summed E-state index contributed by atoms with van der Waals surface area (Å²) >= 11 is 0. The Labute approximate surface area is 199 Å². The molecule has 0 rings (SSSR count). The molecule has 0 amide bonds. The van der Waals surface area contributed by atoms with E-state index in [9.17, 15) is 9.59 Å². The van der Waals surface area contributed by atoms with Crippen LogP contribution in [0.5, 0.6) is 0 Å². The zero-order valence-electron chi connectivity index (χ0n) is 21.9. The zero-order valence-corrected chi connectivity index (χ0v) is 21.9. The van der Waals surface area contributed by atoms with E-state index in [1.165, 1.54) is 109 Å². The second-order valence-electron chi connectivity index (χ2n) is 9.49. The molecule has 0 aliphatic carbocycles. The summed E-state index contributed by atoms with van der Waals surface area (Å²) in [5.41, 5.74) is 0. The first-order valence-electron chi connectivity index (χ1n) is 13.4. The first-order valence-corrected chi connectivity index (χ1v) is 13.4. The lowest BCUT2D eigenvalue weighted by Gasteiger charge is -2.13. The zero-order chi connectivity index (χ0) is 24.5. The number of carboxylic acids is 2. The average molecular weight is 458 g/mol. The standard InChI is InChI=1S/C22H44O2.C5H11NO2/c1-2-3-4-5-6-7-8-9-10-11-12-13-14-15-16-17-18-19-20-21-22(23)24;1-4(5(7)8)6(2)3/h2-21H2,1H3,(H,23,24);4H,1-3H3,(H,7,8). The average Bonchev–Trinajstić information content (AvgIpc) is 2.74. The van der Waals surface area contributed by atoms with Crippen LogP contribution < -0.4 is 0 Å². The Morgan fingerprint density at radius 3 is 1.06 bits per heavy atom. The molecule has 32 heavy (non-hydrogen) atoms. The summed E-state index contributed by atoms with van der Waals surface area (Å²) in [6, 6.07) is -0.380. The summed E-state index contributed by atoms with van der Waals surface area (Å²) < 4.78 is 0. The first-order chi connectivity index (χ1) is 15.3. The maximum atomic E-state index is 10.4. The van der Waals surface area contributed by atoms with Gasteiger partial charge in [-0.05, 0) is 27.4 Å². The largest absolute Gasteiger partial charge is 0.481 e. The molecule has 0 aliphatic rings. The predicted molar refractivity (Wildman–Crippen MR) is 136 cm³/mol. The number of carboxylic acid groups (broad SMARTS) is 2.